The topological polar surface area (TPSA) is 70.7 Å². The Morgan fingerprint density at radius 3 is 2.75 bits per heavy atom. The molecular weight excluding hydrogens is 258 g/mol. The number of rotatable bonds is 3. The standard InChI is InChI=1S/C14H19N3O3/c1-15-14(19)16-10-11-3-2-4-12(9-11)13(18)17-5-7-20-8-6-17/h2-4,9H,5-8,10H2,1H3,(H2,15,16,19). The molecule has 0 radical (unpaired) electrons. The summed E-state index contributed by atoms with van der Waals surface area (Å²) < 4.78 is 5.24. The second-order valence-electron chi connectivity index (χ2n) is 4.54. The zero-order chi connectivity index (χ0) is 14.4. The van der Waals surface area contributed by atoms with Crippen LogP contribution in [0.25, 0.3) is 0 Å². The van der Waals surface area contributed by atoms with E-state index < -0.39 is 0 Å². The first-order valence-corrected chi connectivity index (χ1v) is 6.62. The number of ether oxygens (including phenoxy) is 1. The zero-order valence-corrected chi connectivity index (χ0v) is 11.5. The van der Waals surface area contributed by atoms with Crippen LogP contribution in [-0.4, -0.2) is 50.2 Å². The number of hydrogen-bond acceptors (Lipinski definition) is 3. The predicted molar refractivity (Wildman–Crippen MR) is 74.5 cm³/mol. The minimum atomic E-state index is -0.241. The summed E-state index contributed by atoms with van der Waals surface area (Å²) in [6.45, 7) is 2.82. The first-order chi connectivity index (χ1) is 9.70. The second kappa shape index (κ2) is 6.91. The smallest absolute Gasteiger partial charge is 0.314 e. The molecule has 0 spiro atoms. The number of amides is 3. The Kier molecular flexibility index (Phi) is 4.95. The van der Waals surface area contributed by atoms with E-state index in [4.69, 9.17) is 4.74 Å². The fourth-order valence-electron chi connectivity index (χ4n) is 2.03. The van der Waals surface area contributed by atoms with E-state index in [2.05, 4.69) is 10.6 Å². The maximum atomic E-state index is 12.3. The van der Waals surface area contributed by atoms with E-state index in [0.29, 0.717) is 38.4 Å². The largest absolute Gasteiger partial charge is 0.378 e. The van der Waals surface area contributed by atoms with E-state index in [1.807, 2.05) is 18.2 Å². The molecule has 1 fully saturated rings. The number of benzene rings is 1. The van der Waals surface area contributed by atoms with Crippen molar-refractivity contribution in [2.45, 2.75) is 6.54 Å². The number of nitrogens with zero attached hydrogens (tertiary/aromatic N) is 1. The molecule has 2 N–H and O–H groups in total. The van der Waals surface area contributed by atoms with Crippen molar-refractivity contribution in [3.8, 4) is 0 Å². The number of urea groups is 1. The van der Waals surface area contributed by atoms with Gasteiger partial charge in [-0.2, -0.15) is 0 Å². The normalized spacial score (nSPS) is 14.8. The van der Waals surface area contributed by atoms with Crippen LogP contribution in [0, 0.1) is 0 Å². The van der Waals surface area contributed by atoms with E-state index >= 15 is 0 Å². The molecule has 1 aliphatic heterocycles. The van der Waals surface area contributed by atoms with Crippen molar-refractivity contribution in [3.05, 3.63) is 35.4 Å². The van der Waals surface area contributed by atoms with E-state index in [-0.39, 0.29) is 11.9 Å². The summed E-state index contributed by atoms with van der Waals surface area (Å²) in [6.07, 6.45) is 0. The van der Waals surface area contributed by atoms with Gasteiger partial charge in [-0.05, 0) is 17.7 Å². The van der Waals surface area contributed by atoms with Crippen molar-refractivity contribution in [1.29, 1.82) is 0 Å². The Labute approximate surface area is 118 Å². The molecule has 2 rings (SSSR count). The monoisotopic (exact) mass is 277 g/mol. The zero-order valence-electron chi connectivity index (χ0n) is 11.5. The summed E-state index contributed by atoms with van der Waals surface area (Å²) in [6, 6.07) is 7.07. The fourth-order valence-corrected chi connectivity index (χ4v) is 2.03. The molecule has 6 nitrogen and oxygen atoms in total. The third-order valence-corrected chi connectivity index (χ3v) is 3.15. The van der Waals surface area contributed by atoms with Gasteiger partial charge in [0.05, 0.1) is 13.2 Å². The average Bonchev–Trinajstić information content (AvgIpc) is 2.53. The van der Waals surface area contributed by atoms with Gasteiger partial charge in [-0.25, -0.2) is 4.79 Å². The van der Waals surface area contributed by atoms with Crippen molar-refractivity contribution in [2.75, 3.05) is 33.4 Å². The third kappa shape index (κ3) is 3.71. The van der Waals surface area contributed by atoms with E-state index in [9.17, 15) is 9.59 Å². The summed E-state index contributed by atoms with van der Waals surface area (Å²) in [4.78, 5) is 25.2. The number of carbonyl (C=O) groups excluding carboxylic acids is 2. The lowest BCUT2D eigenvalue weighted by Crippen LogP contribution is -2.40. The molecule has 0 atom stereocenters. The fraction of sp³-hybridized carbons (Fsp3) is 0.429. The van der Waals surface area contributed by atoms with Crippen LogP contribution in [0.2, 0.25) is 0 Å². The summed E-state index contributed by atoms with van der Waals surface area (Å²) in [7, 11) is 1.56. The van der Waals surface area contributed by atoms with Gasteiger partial charge in [0.1, 0.15) is 0 Å². The average molecular weight is 277 g/mol. The van der Waals surface area contributed by atoms with Gasteiger partial charge in [-0.15, -0.1) is 0 Å². The highest BCUT2D eigenvalue weighted by Crippen LogP contribution is 2.10. The molecule has 1 saturated heterocycles. The van der Waals surface area contributed by atoms with Crippen LogP contribution in [0.15, 0.2) is 24.3 Å². The molecule has 3 amide bonds. The van der Waals surface area contributed by atoms with Gasteiger partial charge < -0.3 is 20.3 Å². The van der Waals surface area contributed by atoms with Crippen molar-refractivity contribution < 1.29 is 14.3 Å². The quantitative estimate of drug-likeness (QED) is 0.849. The van der Waals surface area contributed by atoms with Crippen LogP contribution in [0.3, 0.4) is 0 Å². The van der Waals surface area contributed by atoms with E-state index in [1.165, 1.54) is 0 Å². The number of carbonyl (C=O) groups is 2. The molecule has 1 aromatic rings. The molecule has 20 heavy (non-hydrogen) atoms. The van der Waals surface area contributed by atoms with Crippen LogP contribution in [-0.2, 0) is 11.3 Å². The molecular formula is C14H19N3O3. The molecule has 6 heteroatoms. The van der Waals surface area contributed by atoms with Gasteiger partial charge in [0.2, 0.25) is 0 Å². The van der Waals surface area contributed by atoms with Crippen molar-refractivity contribution in [2.24, 2.45) is 0 Å². The number of morpholine rings is 1. The first-order valence-electron chi connectivity index (χ1n) is 6.62. The van der Waals surface area contributed by atoms with Crippen molar-refractivity contribution in [1.82, 2.24) is 15.5 Å². The molecule has 108 valence electrons. The Morgan fingerprint density at radius 2 is 2.05 bits per heavy atom. The molecule has 0 aliphatic carbocycles. The van der Waals surface area contributed by atoms with Crippen molar-refractivity contribution >= 4 is 11.9 Å². The van der Waals surface area contributed by atoms with Crippen LogP contribution >= 0.6 is 0 Å². The minimum absolute atomic E-state index is 0.00935. The van der Waals surface area contributed by atoms with Gasteiger partial charge in [0.15, 0.2) is 0 Å². The maximum absolute atomic E-state index is 12.3. The van der Waals surface area contributed by atoms with E-state index in [0.717, 1.165) is 5.56 Å². The molecule has 0 aromatic heterocycles. The Balaban J connectivity index is 2.01. The molecule has 0 unspecified atom stereocenters. The minimum Gasteiger partial charge on any atom is -0.378 e. The van der Waals surface area contributed by atoms with Gasteiger partial charge in [0.25, 0.3) is 5.91 Å². The summed E-state index contributed by atoms with van der Waals surface area (Å²) in [5.41, 5.74) is 1.54. The van der Waals surface area contributed by atoms with Gasteiger partial charge in [-0.3, -0.25) is 4.79 Å². The van der Waals surface area contributed by atoms with Gasteiger partial charge in [0, 0.05) is 32.2 Å². The first kappa shape index (κ1) is 14.3. The molecule has 1 aromatic carbocycles. The molecule has 0 bridgehead atoms. The number of hydrogen-bond donors (Lipinski definition) is 2. The van der Waals surface area contributed by atoms with Crippen LogP contribution < -0.4 is 10.6 Å². The predicted octanol–water partition coefficient (Wildman–Crippen LogP) is 0.588. The maximum Gasteiger partial charge on any atom is 0.314 e. The summed E-state index contributed by atoms with van der Waals surface area (Å²) in [5.74, 6) is 0.00935. The SMILES string of the molecule is CNC(=O)NCc1cccc(C(=O)N2CCOCC2)c1. The Hall–Kier alpha value is -2.08. The summed E-state index contributed by atoms with van der Waals surface area (Å²) >= 11 is 0. The lowest BCUT2D eigenvalue weighted by molar-refractivity contribution is 0.0303. The van der Waals surface area contributed by atoms with Crippen LogP contribution in [0.1, 0.15) is 15.9 Å². The second-order valence-corrected chi connectivity index (χ2v) is 4.54. The highest BCUT2D eigenvalue weighted by Gasteiger charge is 2.18. The van der Waals surface area contributed by atoms with Gasteiger partial charge in [-0.1, -0.05) is 12.1 Å². The lowest BCUT2D eigenvalue weighted by atomic mass is 10.1. The van der Waals surface area contributed by atoms with Crippen LogP contribution in [0.5, 0.6) is 0 Å². The third-order valence-electron chi connectivity index (χ3n) is 3.15. The van der Waals surface area contributed by atoms with Gasteiger partial charge >= 0.3 is 6.03 Å². The Bertz CT molecular complexity index is 484. The van der Waals surface area contributed by atoms with E-state index in [1.54, 1.807) is 18.0 Å². The molecule has 1 aliphatic rings. The molecule has 1 heterocycles. The van der Waals surface area contributed by atoms with Crippen LogP contribution in [0.4, 0.5) is 4.79 Å². The molecule has 0 saturated carbocycles. The Morgan fingerprint density at radius 1 is 1.30 bits per heavy atom. The number of nitrogens with one attached hydrogen (secondary N) is 2. The highest BCUT2D eigenvalue weighted by atomic mass is 16.5. The lowest BCUT2D eigenvalue weighted by Gasteiger charge is -2.27. The summed E-state index contributed by atoms with van der Waals surface area (Å²) in [5, 5.41) is 5.18. The highest BCUT2D eigenvalue weighted by molar-refractivity contribution is 5.94. The van der Waals surface area contributed by atoms with Crippen molar-refractivity contribution in [3.63, 3.8) is 0 Å².